The van der Waals surface area contributed by atoms with Crippen LogP contribution in [0, 0.1) is 0 Å². The molecule has 3 aromatic rings. The van der Waals surface area contributed by atoms with Gasteiger partial charge in [0.25, 0.3) is 0 Å². The Morgan fingerprint density at radius 2 is 1.64 bits per heavy atom. The number of fused-ring (bicyclic) bond motifs is 1. The molecule has 2 N–H and O–H groups in total. The Labute approximate surface area is 219 Å². The molecule has 0 amide bonds. The van der Waals surface area contributed by atoms with E-state index in [9.17, 15) is 5.11 Å². The molecule has 3 aromatic carbocycles. The summed E-state index contributed by atoms with van der Waals surface area (Å²) in [5.74, 6) is 3.85. The molecule has 1 atom stereocenters. The molecule has 0 fully saturated rings. The van der Waals surface area contributed by atoms with Crippen LogP contribution in [0.2, 0.25) is 0 Å². The van der Waals surface area contributed by atoms with Gasteiger partial charge in [0.2, 0.25) is 6.79 Å². The van der Waals surface area contributed by atoms with Crippen molar-refractivity contribution in [3.05, 3.63) is 69.7 Å². The zero-order valence-electron chi connectivity index (χ0n) is 20.5. The van der Waals surface area contributed by atoms with Crippen LogP contribution in [0.15, 0.2) is 53.0 Å². The fraction of sp³-hybridized carbons (Fsp3) is 0.333. The van der Waals surface area contributed by atoms with Crippen molar-refractivity contribution in [1.82, 2.24) is 5.32 Å². The highest BCUT2D eigenvalue weighted by Crippen LogP contribution is 2.38. The van der Waals surface area contributed by atoms with Gasteiger partial charge in [-0.2, -0.15) is 0 Å². The number of aliphatic hydroxyl groups excluding tert-OH is 1. The Morgan fingerprint density at radius 1 is 0.889 bits per heavy atom. The minimum Gasteiger partial charge on any atom is -0.493 e. The monoisotopic (exact) mass is 559 g/mol. The zero-order valence-corrected chi connectivity index (χ0v) is 22.1. The van der Waals surface area contributed by atoms with E-state index in [1.165, 1.54) is 0 Å². The number of rotatable bonds is 12. The zero-order chi connectivity index (χ0) is 25.5. The van der Waals surface area contributed by atoms with Crippen molar-refractivity contribution in [3.8, 4) is 34.5 Å². The molecule has 1 aliphatic rings. The van der Waals surface area contributed by atoms with Gasteiger partial charge in [-0.05, 0) is 82.0 Å². The molecule has 0 spiro atoms. The summed E-state index contributed by atoms with van der Waals surface area (Å²) in [6.45, 7) is 1.68. The molecule has 0 radical (unpaired) electrons. The molecule has 0 aromatic heterocycles. The number of hydrogen-bond donors (Lipinski definition) is 2. The molecule has 192 valence electrons. The van der Waals surface area contributed by atoms with Gasteiger partial charge >= 0.3 is 0 Å². The van der Waals surface area contributed by atoms with Crippen LogP contribution in [0.4, 0.5) is 0 Å². The first kappa shape index (κ1) is 25.9. The normalized spacial score (nSPS) is 12.8. The van der Waals surface area contributed by atoms with Crippen LogP contribution >= 0.6 is 15.9 Å². The summed E-state index contributed by atoms with van der Waals surface area (Å²) in [5, 5.41) is 14.1. The summed E-state index contributed by atoms with van der Waals surface area (Å²) < 4.78 is 33.6. The van der Waals surface area contributed by atoms with Crippen LogP contribution in [-0.2, 0) is 13.0 Å². The third-order valence-electron chi connectivity index (χ3n) is 5.82. The summed E-state index contributed by atoms with van der Waals surface area (Å²) in [6, 6.07) is 15.2. The van der Waals surface area contributed by atoms with Crippen molar-refractivity contribution in [2.45, 2.75) is 19.1 Å². The Morgan fingerprint density at radius 3 is 2.42 bits per heavy atom. The highest BCUT2D eigenvalue weighted by molar-refractivity contribution is 9.10. The predicted octanol–water partition coefficient (Wildman–Crippen LogP) is 4.65. The van der Waals surface area contributed by atoms with Crippen molar-refractivity contribution in [1.29, 1.82) is 0 Å². The standard InChI is InChI=1S/C27H30BrNO7/c1-31-22-6-4-17(11-24(22)32-2)8-9-29-14-18-10-20(28)27(26(12-18)33-3)34-15-21(30)19-5-7-23-25(13-19)36-16-35-23/h4-7,10-13,21,29-30H,8-9,14-16H2,1-3H3. The van der Waals surface area contributed by atoms with Gasteiger partial charge in [0.15, 0.2) is 34.5 Å². The van der Waals surface area contributed by atoms with Crippen LogP contribution in [0.25, 0.3) is 0 Å². The second-order valence-corrected chi connectivity index (χ2v) is 9.02. The molecular weight excluding hydrogens is 530 g/mol. The smallest absolute Gasteiger partial charge is 0.231 e. The number of hydrogen-bond acceptors (Lipinski definition) is 8. The predicted molar refractivity (Wildman–Crippen MR) is 139 cm³/mol. The fourth-order valence-electron chi connectivity index (χ4n) is 3.90. The van der Waals surface area contributed by atoms with Crippen LogP contribution in [0.3, 0.4) is 0 Å². The van der Waals surface area contributed by atoms with E-state index in [0.29, 0.717) is 35.1 Å². The minimum absolute atomic E-state index is 0.0531. The van der Waals surface area contributed by atoms with E-state index in [-0.39, 0.29) is 13.4 Å². The Bertz CT molecular complexity index is 1190. The van der Waals surface area contributed by atoms with E-state index in [2.05, 4.69) is 21.2 Å². The average molecular weight is 560 g/mol. The Balaban J connectivity index is 1.32. The second kappa shape index (κ2) is 12.2. The van der Waals surface area contributed by atoms with E-state index in [1.807, 2.05) is 30.3 Å². The fourth-order valence-corrected chi connectivity index (χ4v) is 4.50. The van der Waals surface area contributed by atoms with E-state index >= 15 is 0 Å². The van der Waals surface area contributed by atoms with E-state index in [0.717, 1.165) is 40.1 Å². The van der Waals surface area contributed by atoms with Gasteiger partial charge in [-0.3, -0.25) is 0 Å². The van der Waals surface area contributed by atoms with Crippen molar-refractivity contribution >= 4 is 15.9 Å². The maximum absolute atomic E-state index is 10.6. The van der Waals surface area contributed by atoms with Crippen LogP contribution in [0.5, 0.6) is 34.5 Å². The first-order valence-electron chi connectivity index (χ1n) is 11.5. The van der Waals surface area contributed by atoms with Gasteiger partial charge in [0, 0.05) is 6.54 Å². The lowest BCUT2D eigenvalue weighted by molar-refractivity contribution is 0.105. The molecule has 36 heavy (non-hydrogen) atoms. The van der Waals surface area contributed by atoms with E-state index < -0.39 is 6.10 Å². The number of aliphatic hydroxyl groups is 1. The quantitative estimate of drug-likeness (QED) is 0.310. The summed E-state index contributed by atoms with van der Waals surface area (Å²) in [5.41, 5.74) is 2.88. The molecule has 9 heteroatoms. The van der Waals surface area contributed by atoms with Gasteiger partial charge in [-0.25, -0.2) is 0 Å². The lowest BCUT2D eigenvalue weighted by atomic mass is 10.1. The lowest BCUT2D eigenvalue weighted by Gasteiger charge is -2.17. The Hall–Kier alpha value is -3.14. The van der Waals surface area contributed by atoms with E-state index in [4.69, 9.17) is 28.4 Å². The summed E-state index contributed by atoms with van der Waals surface area (Å²) in [6.07, 6.45) is 0.00598. The van der Waals surface area contributed by atoms with E-state index in [1.54, 1.807) is 39.5 Å². The molecule has 0 saturated carbocycles. The van der Waals surface area contributed by atoms with Gasteiger partial charge in [0.1, 0.15) is 12.7 Å². The van der Waals surface area contributed by atoms with Gasteiger partial charge < -0.3 is 38.8 Å². The molecule has 1 aliphatic heterocycles. The lowest BCUT2D eigenvalue weighted by Crippen LogP contribution is -2.17. The number of ether oxygens (including phenoxy) is 6. The van der Waals surface area contributed by atoms with Crippen molar-refractivity contribution in [3.63, 3.8) is 0 Å². The molecule has 4 rings (SSSR count). The molecule has 0 aliphatic carbocycles. The highest BCUT2D eigenvalue weighted by atomic mass is 79.9. The first-order valence-corrected chi connectivity index (χ1v) is 12.3. The molecule has 1 unspecified atom stereocenters. The number of methoxy groups -OCH3 is 3. The summed E-state index contributed by atoms with van der Waals surface area (Å²) >= 11 is 3.58. The average Bonchev–Trinajstić information content (AvgIpc) is 3.38. The third-order valence-corrected chi connectivity index (χ3v) is 6.41. The highest BCUT2D eigenvalue weighted by Gasteiger charge is 2.19. The minimum atomic E-state index is -0.839. The molecular formula is C27H30BrNO7. The molecule has 8 nitrogen and oxygen atoms in total. The SMILES string of the molecule is COc1ccc(CCNCc2cc(Br)c(OCC(O)c3ccc4c(c3)OCO4)c(OC)c2)cc1OC. The maximum Gasteiger partial charge on any atom is 0.231 e. The Kier molecular flexibility index (Phi) is 8.79. The van der Waals surface area contributed by atoms with Crippen molar-refractivity contribution < 1.29 is 33.5 Å². The maximum atomic E-state index is 10.6. The molecule has 0 saturated heterocycles. The van der Waals surface area contributed by atoms with Crippen molar-refractivity contribution in [2.24, 2.45) is 0 Å². The van der Waals surface area contributed by atoms with Crippen LogP contribution in [0.1, 0.15) is 22.8 Å². The topological polar surface area (TPSA) is 87.6 Å². The van der Waals surface area contributed by atoms with Crippen LogP contribution < -0.4 is 33.7 Å². The number of halogens is 1. The number of nitrogens with one attached hydrogen (secondary N) is 1. The molecule has 1 heterocycles. The van der Waals surface area contributed by atoms with Gasteiger partial charge in [-0.15, -0.1) is 0 Å². The third kappa shape index (κ3) is 6.16. The first-order chi connectivity index (χ1) is 17.5. The summed E-state index contributed by atoms with van der Waals surface area (Å²) in [7, 11) is 4.86. The van der Waals surface area contributed by atoms with Crippen LogP contribution in [-0.4, -0.2) is 46.4 Å². The van der Waals surface area contributed by atoms with Gasteiger partial charge in [0.05, 0.1) is 25.8 Å². The molecule has 0 bridgehead atoms. The second-order valence-electron chi connectivity index (χ2n) is 8.16. The largest absolute Gasteiger partial charge is 0.493 e. The summed E-state index contributed by atoms with van der Waals surface area (Å²) in [4.78, 5) is 0. The number of benzene rings is 3. The van der Waals surface area contributed by atoms with Crippen molar-refractivity contribution in [2.75, 3.05) is 41.3 Å². The van der Waals surface area contributed by atoms with Gasteiger partial charge in [-0.1, -0.05) is 12.1 Å².